The van der Waals surface area contributed by atoms with E-state index in [1.54, 1.807) is 12.1 Å². The lowest BCUT2D eigenvalue weighted by atomic mass is 10.2. The first-order chi connectivity index (χ1) is 10.8. The second kappa shape index (κ2) is 10.1. The quantitative estimate of drug-likeness (QED) is 0.578. The Labute approximate surface area is 142 Å². The number of benzene rings is 1. The number of carbonyl (C=O) groups is 1. The average molecular weight is 359 g/mol. The fraction of sp³-hybridized carbons (Fsp3) is 0.588. The molecule has 1 aromatic carbocycles. The van der Waals surface area contributed by atoms with Gasteiger partial charge in [0.15, 0.2) is 11.5 Å². The molecule has 1 aromatic rings. The molecule has 6 heteroatoms. The van der Waals surface area contributed by atoms with Crippen molar-refractivity contribution in [2.24, 2.45) is 0 Å². The number of ketones is 1. The lowest BCUT2D eigenvalue weighted by Gasteiger charge is -2.05. The van der Waals surface area contributed by atoms with Crippen LogP contribution in [0.4, 0.5) is 0 Å². The first-order valence-electron chi connectivity index (χ1n) is 8.01. The first-order valence-corrected chi connectivity index (χ1v) is 11.2. The molecule has 1 saturated heterocycles. The van der Waals surface area contributed by atoms with Crippen molar-refractivity contribution in [3.8, 4) is 0 Å². The molecular formula is C17H26O4S2. The van der Waals surface area contributed by atoms with Crippen LogP contribution in [0.15, 0.2) is 29.2 Å². The van der Waals surface area contributed by atoms with Crippen molar-refractivity contribution < 1.29 is 17.8 Å². The van der Waals surface area contributed by atoms with Crippen LogP contribution in [-0.4, -0.2) is 36.0 Å². The topological polar surface area (TPSA) is 74.3 Å². The van der Waals surface area contributed by atoms with Crippen molar-refractivity contribution in [2.45, 2.75) is 50.8 Å². The number of hydrogen-bond acceptors (Lipinski definition) is 4. The zero-order chi connectivity index (χ0) is 17.3. The third-order valence-corrected chi connectivity index (χ3v) is 6.91. The lowest BCUT2D eigenvalue weighted by molar-refractivity contribution is -0.116. The van der Waals surface area contributed by atoms with Gasteiger partial charge in [-0.05, 0) is 49.2 Å². The molecule has 4 nitrogen and oxygen atoms in total. The number of aryl methyl sites for hydroxylation is 1. The second-order valence-electron chi connectivity index (χ2n) is 5.78. The molecule has 0 N–H and O–H groups in total. The van der Waals surface area contributed by atoms with Crippen LogP contribution in [0.1, 0.15) is 44.6 Å². The molecule has 0 bridgehead atoms. The Balaban J connectivity index is 0.000000231. The van der Waals surface area contributed by atoms with E-state index in [-0.39, 0.29) is 4.90 Å². The van der Waals surface area contributed by atoms with Gasteiger partial charge in [0, 0.05) is 6.42 Å². The SMILES string of the molecule is CCCCC(=O)C[S+]1CCCC1.Cc1ccc(S(=O)(=O)[O-])cc1. The van der Waals surface area contributed by atoms with Gasteiger partial charge in [-0.15, -0.1) is 0 Å². The summed E-state index contributed by atoms with van der Waals surface area (Å²) in [6.07, 6.45) is 5.81. The summed E-state index contributed by atoms with van der Waals surface area (Å²) in [5.74, 6) is 4.08. The number of unbranched alkanes of at least 4 members (excludes halogenated alkanes) is 1. The van der Waals surface area contributed by atoms with Crippen molar-refractivity contribution in [1.82, 2.24) is 0 Å². The van der Waals surface area contributed by atoms with Crippen molar-refractivity contribution in [3.05, 3.63) is 29.8 Å². The number of rotatable bonds is 6. The van der Waals surface area contributed by atoms with Gasteiger partial charge in [0.25, 0.3) is 0 Å². The van der Waals surface area contributed by atoms with Gasteiger partial charge in [-0.1, -0.05) is 31.0 Å². The zero-order valence-electron chi connectivity index (χ0n) is 13.9. The minimum atomic E-state index is -4.27. The predicted octanol–water partition coefficient (Wildman–Crippen LogP) is 3.06. The molecule has 1 fully saturated rings. The largest absolute Gasteiger partial charge is 0.744 e. The van der Waals surface area contributed by atoms with Crippen LogP contribution >= 0.6 is 0 Å². The Kier molecular flexibility index (Phi) is 8.87. The summed E-state index contributed by atoms with van der Waals surface area (Å²) in [7, 11) is -3.78. The Morgan fingerprint density at radius 1 is 1.17 bits per heavy atom. The zero-order valence-corrected chi connectivity index (χ0v) is 15.5. The van der Waals surface area contributed by atoms with E-state index in [2.05, 4.69) is 6.92 Å². The summed E-state index contributed by atoms with van der Waals surface area (Å²) >= 11 is 0. The Bertz CT molecular complexity index is 573. The molecule has 1 heterocycles. The van der Waals surface area contributed by atoms with Crippen LogP contribution < -0.4 is 0 Å². The van der Waals surface area contributed by atoms with Crippen LogP contribution in [0, 0.1) is 6.92 Å². The smallest absolute Gasteiger partial charge is 0.181 e. The summed E-state index contributed by atoms with van der Waals surface area (Å²) in [5, 5.41) is 0. The third-order valence-electron chi connectivity index (χ3n) is 3.60. The predicted molar refractivity (Wildman–Crippen MR) is 94.9 cm³/mol. The highest BCUT2D eigenvalue weighted by Gasteiger charge is 2.26. The average Bonchev–Trinajstić information content (AvgIpc) is 2.98. The lowest BCUT2D eigenvalue weighted by Crippen LogP contribution is -2.17. The van der Waals surface area contributed by atoms with Crippen molar-refractivity contribution in [1.29, 1.82) is 0 Å². The summed E-state index contributed by atoms with van der Waals surface area (Å²) in [6.45, 7) is 3.96. The summed E-state index contributed by atoms with van der Waals surface area (Å²) in [4.78, 5) is 11.2. The molecule has 0 radical (unpaired) electrons. The number of Topliss-reactive ketones (excluding diaryl/α,β-unsaturated/α-hetero) is 1. The molecule has 0 atom stereocenters. The van der Waals surface area contributed by atoms with Gasteiger partial charge in [-0.2, -0.15) is 0 Å². The van der Waals surface area contributed by atoms with E-state index in [0.29, 0.717) is 16.7 Å². The fourth-order valence-corrected chi connectivity index (χ4v) is 5.02. The Hall–Kier alpha value is -0.850. The van der Waals surface area contributed by atoms with Crippen LogP contribution in [0.2, 0.25) is 0 Å². The minimum Gasteiger partial charge on any atom is -0.744 e. The maximum absolute atomic E-state index is 11.4. The summed E-state index contributed by atoms with van der Waals surface area (Å²) < 4.78 is 31.2. The fourth-order valence-electron chi connectivity index (χ4n) is 2.24. The standard InChI is InChI=1S/C10H19OS.C7H8O3S/c1-2-3-6-10(11)9-12-7-4-5-8-12;1-6-2-4-7(5-3-6)11(8,9)10/h2-9H2,1H3;2-5H,1H3,(H,8,9,10)/q+1;/p-1. The van der Waals surface area contributed by atoms with Crippen molar-refractivity contribution in [2.75, 3.05) is 17.3 Å². The van der Waals surface area contributed by atoms with Gasteiger partial charge < -0.3 is 4.55 Å². The van der Waals surface area contributed by atoms with Crippen molar-refractivity contribution >= 4 is 26.8 Å². The van der Waals surface area contributed by atoms with Crippen molar-refractivity contribution in [3.63, 3.8) is 0 Å². The van der Waals surface area contributed by atoms with Gasteiger partial charge in [-0.3, -0.25) is 4.79 Å². The van der Waals surface area contributed by atoms with Gasteiger partial charge in [0.05, 0.1) is 4.90 Å². The van der Waals surface area contributed by atoms with E-state index < -0.39 is 10.1 Å². The molecule has 23 heavy (non-hydrogen) atoms. The van der Waals surface area contributed by atoms with E-state index in [9.17, 15) is 17.8 Å². The molecule has 0 saturated carbocycles. The summed E-state index contributed by atoms with van der Waals surface area (Å²) in [5.41, 5.74) is 0.928. The molecule has 0 amide bonds. The Morgan fingerprint density at radius 2 is 1.74 bits per heavy atom. The first kappa shape index (κ1) is 20.2. The molecule has 0 aromatic heterocycles. The van der Waals surface area contributed by atoms with E-state index in [1.165, 1.54) is 36.5 Å². The second-order valence-corrected chi connectivity index (χ2v) is 9.49. The van der Waals surface area contributed by atoms with Crippen LogP contribution in [0.3, 0.4) is 0 Å². The minimum absolute atomic E-state index is 0.178. The third kappa shape index (κ3) is 8.53. The molecular weight excluding hydrogens is 332 g/mol. The van der Waals surface area contributed by atoms with E-state index in [0.717, 1.165) is 30.6 Å². The molecule has 2 rings (SSSR count). The van der Waals surface area contributed by atoms with Gasteiger partial charge >= 0.3 is 0 Å². The normalized spacial score (nSPS) is 15.1. The van der Waals surface area contributed by atoms with Crippen LogP contribution in [-0.2, 0) is 25.8 Å². The molecule has 0 aliphatic carbocycles. The number of hydrogen-bond donors (Lipinski definition) is 0. The Morgan fingerprint density at radius 3 is 2.22 bits per heavy atom. The van der Waals surface area contributed by atoms with E-state index in [4.69, 9.17) is 0 Å². The molecule has 0 spiro atoms. The highest BCUT2D eigenvalue weighted by atomic mass is 32.2. The van der Waals surface area contributed by atoms with E-state index in [1.807, 2.05) is 6.92 Å². The maximum Gasteiger partial charge on any atom is 0.181 e. The van der Waals surface area contributed by atoms with Crippen LogP contribution in [0.5, 0.6) is 0 Å². The molecule has 1 aliphatic heterocycles. The van der Waals surface area contributed by atoms with E-state index >= 15 is 0 Å². The molecule has 1 aliphatic rings. The number of carbonyl (C=O) groups excluding carboxylic acids is 1. The van der Waals surface area contributed by atoms with Gasteiger partial charge in [-0.25, -0.2) is 8.42 Å². The maximum atomic E-state index is 11.4. The highest BCUT2D eigenvalue weighted by Crippen LogP contribution is 2.14. The van der Waals surface area contributed by atoms with Crippen LogP contribution in [0.25, 0.3) is 0 Å². The highest BCUT2D eigenvalue weighted by molar-refractivity contribution is 7.97. The monoisotopic (exact) mass is 358 g/mol. The van der Waals surface area contributed by atoms with Gasteiger partial charge in [0.1, 0.15) is 21.6 Å². The molecule has 0 unspecified atom stereocenters. The molecule has 130 valence electrons. The van der Waals surface area contributed by atoms with Gasteiger partial charge in [0.2, 0.25) is 0 Å². The summed E-state index contributed by atoms with van der Waals surface area (Å²) in [6, 6.07) is 5.78.